The van der Waals surface area contributed by atoms with Gasteiger partial charge in [-0.15, -0.1) is 0 Å². The van der Waals surface area contributed by atoms with Gasteiger partial charge in [-0.1, -0.05) is 48.5 Å². The van der Waals surface area contributed by atoms with E-state index in [1.54, 1.807) is 7.11 Å². The van der Waals surface area contributed by atoms with Gasteiger partial charge in [-0.05, 0) is 48.8 Å². The predicted octanol–water partition coefficient (Wildman–Crippen LogP) is 4.02. The SMILES string of the molecule is COCCc1ccccc1NC(=O)N[C@H](Cc1ccccc1)C1CC1. The van der Waals surface area contributed by atoms with Crippen LogP contribution in [0.5, 0.6) is 0 Å². The molecule has 132 valence electrons. The van der Waals surface area contributed by atoms with E-state index < -0.39 is 0 Å². The molecule has 4 heteroatoms. The third-order valence-electron chi connectivity index (χ3n) is 4.65. The van der Waals surface area contributed by atoms with Gasteiger partial charge in [0.2, 0.25) is 0 Å². The van der Waals surface area contributed by atoms with Crippen molar-refractivity contribution >= 4 is 11.7 Å². The van der Waals surface area contributed by atoms with E-state index in [4.69, 9.17) is 4.74 Å². The van der Waals surface area contributed by atoms with Gasteiger partial charge in [-0.2, -0.15) is 0 Å². The Morgan fingerprint density at radius 3 is 2.56 bits per heavy atom. The third kappa shape index (κ3) is 5.33. The highest BCUT2D eigenvalue weighted by molar-refractivity contribution is 5.90. The zero-order chi connectivity index (χ0) is 17.5. The van der Waals surface area contributed by atoms with E-state index in [0.29, 0.717) is 12.5 Å². The molecule has 1 saturated carbocycles. The molecule has 3 rings (SSSR count). The summed E-state index contributed by atoms with van der Waals surface area (Å²) in [6.07, 6.45) is 4.05. The predicted molar refractivity (Wildman–Crippen MR) is 101 cm³/mol. The van der Waals surface area contributed by atoms with E-state index >= 15 is 0 Å². The number of amides is 2. The molecule has 1 atom stereocenters. The molecule has 1 fully saturated rings. The maximum Gasteiger partial charge on any atom is 0.319 e. The molecule has 0 heterocycles. The first-order valence-corrected chi connectivity index (χ1v) is 8.94. The summed E-state index contributed by atoms with van der Waals surface area (Å²) in [5.41, 5.74) is 3.21. The maximum atomic E-state index is 12.5. The van der Waals surface area contributed by atoms with E-state index in [9.17, 15) is 4.79 Å². The number of carbonyl (C=O) groups excluding carboxylic acids is 1. The van der Waals surface area contributed by atoms with Crippen LogP contribution in [-0.2, 0) is 17.6 Å². The number of hydrogen-bond donors (Lipinski definition) is 2. The van der Waals surface area contributed by atoms with E-state index in [1.165, 1.54) is 18.4 Å². The number of benzene rings is 2. The summed E-state index contributed by atoms with van der Waals surface area (Å²) in [4.78, 5) is 12.5. The van der Waals surface area contributed by atoms with E-state index in [2.05, 4.69) is 22.8 Å². The average Bonchev–Trinajstić information content (AvgIpc) is 3.46. The first-order valence-electron chi connectivity index (χ1n) is 8.94. The van der Waals surface area contributed by atoms with Gasteiger partial charge in [0, 0.05) is 18.8 Å². The Kier molecular flexibility index (Phi) is 6.07. The van der Waals surface area contributed by atoms with Crippen molar-refractivity contribution in [3.8, 4) is 0 Å². The van der Waals surface area contributed by atoms with Crippen LogP contribution >= 0.6 is 0 Å². The lowest BCUT2D eigenvalue weighted by Crippen LogP contribution is -2.40. The fraction of sp³-hybridized carbons (Fsp3) is 0.381. The number of urea groups is 1. The molecule has 2 amide bonds. The minimum atomic E-state index is -0.127. The van der Waals surface area contributed by atoms with Crippen LogP contribution in [0.3, 0.4) is 0 Å². The lowest BCUT2D eigenvalue weighted by molar-refractivity contribution is 0.202. The molecule has 0 bridgehead atoms. The molecule has 4 nitrogen and oxygen atoms in total. The van der Waals surface area contributed by atoms with Gasteiger partial charge >= 0.3 is 6.03 Å². The average molecular weight is 338 g/mol. The molecule has 0 radical (unpaired) electrons. The normalized spacial score (nSPS) is 14.8. The Hall–Kier alpha value is -2.33. The number of carbonyl (C=O) groups is 1. The molecule has 2 aromatic rings. The molecule has 0 unspecified atom stereocenters. The van der Waals surface area contributed by atoms with Crippen molar-refractivity contribution in [3.05, 3.63) is 65.7 Å². The second-order valence-electron chi connectivity index (χ2n) is 6.63. The monoisotopic (exact) mass is 338 g/mol. The number of methoxy groups -OCH3 is 1. The van der Waals surface area contributed by atoms with Crippen LogP contribution in [0.1, 0.15) is 24.0 Å². The minimum Gasteiger partial charge on any atom is -0.384 e. The van der Waals surface area contributed by atoms with E-state index in [1.807, 2.05) is 42.5 Å². The second-order valence-corrected chi connectivity index (χ2v) is 6.63. The fourth-order valence-corrected chi connectivity index (χ4v) is 3.10. The molecule has 25 heavy (non-hydrogen) atoms. The lowest BCUT2D eigenvalue weighted by atomic mass is 10.0. The first kappa shape index (κ1) is 17.5. The van der Waals surface area contributed by atoms with Crippen molar-refractivity contribution in [2.45, 2.75) is 31.7 Å². The number of rotatable bonds is 8. The van der Waals surface area contributed by atoms with Gasteiger partial charge in [0.15, 0.2) is 0 Å². The quantitative estimate of drug-likeness (QED) is 0.764. The molecule has 0 aromatic heterocycles. The van der Waals surface area contributed by atoms with Crippen LogP contribution in [0.2, 0.25) is 0 Å². The van der Waals surface area contributed by atoms with Gasteiger partial charge in [-0.3, -0.25) is 0 Å². The van der Waals surface area contributed by atoms with Gasteiger partial charge in [0.1, 0.15) is 0 Å². The molecular weight excluding hydrogens is 312 g/mol. The van der Waals surface area contributed by atoms with Crippen LogP contribution in [-0.4, -0.2) is 25.8 Å². The summed E-state index contributed by atoms with van der Waals surface area (Å²) >= 11 is 0. The fourth-order valence-electron chi connectivity index (χ4n) is 3.10. The van der Waals surface area contributed by atoms with Crippen molar-refractivity contribution in [1.29, 1.82) is 0 Å². The Morgan fingerprint density at radius 1 is 1.12 bits per heavy atom. The van der Waals surface area contributed by atoms with Crippen LogP contribution in [0.15, 0.2) is 54.6 Å². The second kappa shape index (κ2) is 8.67. The highest BCUT2D eigenvalue weighted by Gasteiger charge is 2.32. The van der Waals surface area contributed by atoms with Crippen molar-refractivity contribution in [3.63, 3.8) is 0 Å². The van der Waals surface area contributed by atoms with Crippen molar-refractivity contribution in [2.24, 2.45) is 5.92 Å². The summed E-state index contributed by atoms with van der Waals surface area (Å²) in [5.74, 6) is 0.592. The topological polar surface area (TPSA) is 50.4 Å². The van der Waals surface area contributed by atoms with Gasteiger partial charge in [-0.25, -0.2) is 4.79 Å². The zero-order valence-electron chi connectivity index (χ0n) is 14.7. The van der Waals surface area contributed by atoms with Crippen molar-refractivity contribution < 1.29 is 9.53 Å². The highest BCUT2D eigenvalue weighted by Crippen LogP contribution is 2.34. The molecule has 0 spiro atoms. The standard InChI is InChI=1S/C21H26N2O2/c1-25-14-13-17-9-5-6-10-19(17)22-21(24)23-20(18-11-12-18)15-16-7-3-2-4-8-16/h2-10,18,20H,11-15H2,1H3,(H2,22,23,24)/t20-/m1/s1. The zero-order valence-corrected chi connectivity index (χ0v) is 14.7. The number of nitrogens with one attached hydrogen (secondary N) is 2. The van der Waals surface area contributed by atoms with E-state index in [0.717, 1.165) is 24.1 Å². The number of para-hydroxylation sites is 1. The largest absolute Gasteiger partial charge is 0.384 e. The molecule has 2 aromatic carbocycles. The summed E-state index contributed by atoms with van der Waals surface area (Å²) in [6, 6.07) is 18.3. The number of anilines is 1. The Bertz CT molecular complexity index is 683. The van der Waals surface area contributed by atoms with Gasteiger partial charge in [0.05, 0.1) is 6.61 Å². The molecule has 2 N–H and O–H groups in total. The molecule has 1 aliphatic rings. The smallest absolute Gasteiger partial charge is 0.319 e. The molecule has 0 saturated heterocycles. The maximum absolute atomic E-state index is 12.5. The summed E-state index contributed by atoms with van der Waals surface area (Å²) in [7, 11) is 1.69. The Balaban J connectivity index is 1.61. The number of hydrogen-bond acceptors (Lipinski definition) is 2. The van der Waals surface area contributed by atoms with Crippen molar-refractivity contribution in [1.82, 2.24) is 5.32 Å². The molecule has 0 aliphatic heterocycles. The summed E-state index contributed by atoms with van der Waals surface area (Å²) in [5, 5.41) is 6.19. The van der Waals surface area contributed by atoms with Crippen LogP contribution in [0, 0.1) is 5.92 Å². The highest BCUT2D eigenvalue weighted by atomic mass is 16.5. The third-order valence-corrected chi connectivity index (χ3v) is 4.65. The Labute approximate surface area is 149 Å². The van der Waals surface area contributed by atoms with Crippen LogP contribution in [0.25, 0.3) is 0 Å². The number of ether oxygens (including phenoxy) is 1. The lowest BCUT2D eigenvalue weighted by Gasteiger charge is -2.20. The summed E-state index contributed by atoms with van der Waals surface area (Å²) in [6.45, 7) is 0.638. The first-order chi connectivity index (χ1) is 12.3. The van der Waals surface area contributed by atoms with E-state index in [-0.39, 0.29) is 12.1 Å². The van der Waals surface area contributed by atoms with Gasteiger partial charge in [0.25, 0.3) is 0 Å². The van der Waals surface area contributed by atoms with Crippen LogP contribution < -0.4 is 10.6 Å². The minimum absolute atomic E-state index is 0.127. The van der Waals surface area contributed by atoms with Gasteiger partial charge < -0.3 is 15.4 Å². The van der Waals surface area contributed by atoms with Crippen LogP contribution in [0.4, 0.5) is 10.5 Å². The molecular formula is C21H26N2O2. The Morgan fingerprint density at radius 2 is 1.84 bits per heavy atom. The molecule has 1 aliphatic carbocycles. The summed E-state index contributed by atoms with van der Waals surface area (Å²) < 4.78 is 5.15. The van der Waals surface area contributed by atoms with Crippen molar-refractivity contribution in [2.75, 3.05) is 19.0 Å².